The molecule has 0 radical (unpaired) electrons. The minimum Gasteiger partial charge on any atom is -0.480 e. The maximum Gasteiger partial charge on any atom is 0.324 e. The van der Waals surface area contributed by atoms with Gasteiger partial charge in [-0.05, 0) is 13.8 Å². The maximum atomic E-state index is 11.0. The third-order valence-corrected chi connectivity index (χ3v) is 2.46. The Morgan fingerprint density at radius 1 is 1.62 bits per heavy atom. The number of methoxy groups -OCH3 is 1. The number of rotatable bonds is 4. The number of ether oxygens (including phenoxy) is 1. The van der Waals surface area contributed by atoms with Crippen LogP contribution in [0.15, 0.2) is 0 Å². The van der Waals surface area contributed by atoms with Gasteiger partial charge in [0.1, 0.15) is 5.54 Å². The molecule has 0 saturated heterocycles. The Balaban J connectivity index is 2.55. The molecule has 1 saturated carbocycles. The number of carboxylic acid groups (broad SMARTS) is 1. The van der Waals surface area contributed by atoms with Crippen LogP contribution in [-0.2, 0) is 9.53 Å². The highest BCUT2D eigenvalue weighted by Gasteiger charge is 2.50. The molecular weight excluding hydrogens is 170 g/mol. The van der Waals surface area contributed by atoms with Crippen LogP contribution in [0.5, 0.6) is 0 Å². The van der Waals surface area contributed by atoms with E-state index in [0.717, 1.165) is 0 Å². The van der Waals surface area contributed by atoms with Crippen molar-refractivity contribution in [3.8, 4) is 0 Å². The van der Waals surface area contributed by atoms with Crippen LogP contribution in [0.2, 0.25) is 0 Å². The first-order valence-electron chi connectivity index (χ1n) is 4.54. The van der Waals surface area contributed by atoms with Gasteiger partial charge in [-0.2, -0.15) is 0 Å². The van der Waals surface area contributed by atoms with Gasteiger partial charge >= 0.3 is 5.97 Å². The van der Waals surface area contributed by atoms with E-state index in [1.807, 2.05) is 13.8 Å². The van der Waals surface area contributed by atoms with Crippen molar-refractivity contribution in [3.63, 3.8) is 0 Å². The van der Waals surface area contributed by atoms with E-state index in [-0.39, 0.29) is 12.1 Å². The standard InChI is InChI=1S/C9H17NO3/c1-6(2)10-9(8(11)12)4-7(5-9)13-3/h6-7,10H,4-5H2,1-3H3,(H,11,12). The van der Waals surface area contributed by atoms with Crippen molar-refractivity contribution in [1.29, 1.82) is 0 Å². The fraction of sp³-hybridized carbons (Fsp3) is 0.889. The molecule has 0 heterocycles. The highest BCUT2D eigenvalue weighted by Crippen LogP contribution is 2.34. The van der Waals surface area contributed by atoms with Gasteiger partial charge in [0.15, 0.2) is 0 Å². The van der Waals surface area contributed by atoms with Crippen molar-refractivity contribution in [2.75, 3.05) is 7.11 Å². The zero-order valence-corrected chi connectivity index (χ0v) is 8.33. The summed E-state index contributed by atoms with van der Waals surface area (Å²) in [6.07, 6.45) is 1.23. The summed E-state index contributed by atoms with van der Waals surface area (Å²) in [5.41, 5.74) is -0.741. The third kappa shape index (κ3) is 2.00. The Morgan fingerprint density at radius 3 is 2.46 bits per heavy atom. The molecule has 0 aromatic rings. The lowest BCUT2D eigenvalue weighted by molar-refractivity contribution is -0.156. The van der Waals surface area contributed by atoms with Crippen LogP contribution in [0, 0.1) is 0 Å². The van der Waals surface area contributed by atoms with Gasteiger partial charge in [0.05, 0.1) is 6.10 Å². The van der Waals surface area contributed by atoms with E-state index in [0.29, 0.717) is 12.8 Å². The molecule has 1 aliphatic carbocycles. The molecule has 1 fully saturated rings. The molecule has 0 amide bonds. The monoisotopic (exact) mass is 187 g/mol. The SMILES string of the molecule is COC1CC(NC(C)C)(C(=O)O)C1. The van der Waals surface area contributed by atoms with Crippen molar-refractivity contribution in [1.82, 2.24) is 5.32 Å². The first-order chi connectivity index (χ1) is 6.00. The van der Waals surface area contributed by atoms with Crippen molar-refractivity contribution in [3.05, 3.63) is 0 Å². The van der Waals surface area contributed by atoms with Crippen LogP contribution in [0.1, 0.15) is 26.7 Å². The zero-order valence-electron chi connectivity index (χ0n) is 8.33. The molecule has 76 valence electrons. The number of carboxylic acids is 1. The molecule has 4 nitrogen and oxygen atoms in total. The first-order valence-corrected chi connectivity index (χ1v) is 4.54. The predicted molar refractivity (Wildman–Crippen MR) is 48.7 cm³/mol. The average molecular weight is 187 g/mol. The quantitative estimate of drug-likeness (QED) is 0.677. The Labute approximate surface area is 78.3 Å². The average Bonchev–Trinajstić information content (AvgIpc) is 1.94. The molecule has 0 atom stereocenters. The van der Waals surface area contributed by atoms with Crippen molar-refractivity contribution in [2.45, 2.75) is 44.4 Å². The second-order valence-corrected chi connectivity index (χ2v) is 3.95. The van der Waals surface area contributed by atoms with Gasteiger partial charge < -0.3 is 9.84 Å². The van der Waals surface area contributed by atoms with Gasteiger partial charge in [0.2, 0.25) is 0 Å². The molecule has 0 aromatic carbocycles. The van der Waals surface area contributed by atoms with E-state index in [1.165, 1.54) is 0 Å². The van der Waals surface area contributed by atoms with Crippen molar-refractivity contribution >= 4 is 5.97 Å². The van der Waals surface area contributed by atoms with Crippen LogP contribution in [0.25, 0.3) is 0 Å². The van der Waals surface area contributed by atoms with Crippen molar-refractivity contribution < 1.29 is 14.6 Å². The van der Waals surface area contributed by atoms with Gasteiger partial charge in [-0.25, -0.2) is 0 Å². The smallest absolute Gasteiger partial charge is 0.324 e. The molecule has 0 spiro atoms. The van der Waals surface area contributed by atoms with Gasteiger partial charge in [0.25, 0.3) is 0 Å². The van der Waals surface area contributed by atoms with E-state index in [1.54, 1.807) is 7.11 Å². The summed E-state index contributed by atoms with van der Waals surface area (Å²) in [5, 5.41) is 12.1. The summed E-state index contributed by atoms with van der Waals surface area (Å²) < 4.78 is 5.07. The van der Waals surface area contributed by atoms with E-state index >= 15 is 0 Å². The molecule has 0 aliphatic heterocycles. The summed E-state index contributed by atoms with van der Waals surface area (Å²) in [4.78, 5) is 11.0. The molecule has 13 heavy (non-hydrogen) atoms. The highest BCUT2D eigenvalue weighted by atomic mass is 16.5. The Bertz CT molecular complexity index is 197. The van der Waals surface area contributed by atoms with Gasteiger partial charge in [-0.15, -0.1) is 0 Å². The first kappa shape index (κ1) is 10.5. The number of carbonyl (C=O) groups is 1. The van der Waals surface area contributed by atoms with E-state index < -0.39 is 11.5 Å². The zero-order chi connectivity index (χ0) is 10.1. The molecule has 2 N–H and O–H groups in total. The molecule has 1 aliphatic rings. The second kappa shape index (κ2) is 3.64. The van der Waals surface area contributed by atoms with Gasteiger partial charge in [0, 0.05) is 26.0 Å². The Morgan fingerprint density at radius 2 is 2.15 bits per heavy atom. The summed E-state index contributed by atoms with van der Waals surface area (Å²) in [6.45, 7) is 3.90. The fourth-order valence-corrected chi connectivity index (χ4v) is 1.79. The van der Waals surface area contributed by atoms with Crippen LogP contribution >= 0.6 is 0 Å². The van der Waals surface area contributed by atoms with Crippen LogP contribution in [-0.4, -0.2) is 35.9 Å². The second-order valence-electron chi connectivity index (χ2n) is 3.95. The van der Waals surface area contributed by atoms with Crippen LogP contribution < -0.4 is 5.32 Å². The van der Waals surface area contributed by atoms with E-state index in [9.17, 15) is 4.79 Å². The van der Waals surface area contributed by atoms with Gasteiger partial charge in [-0.1, -0.05) is 0 Å². The topological polar surface area (TPSA) is 58.6 Å². The molecule has 0 aromatic heterocycles. The van der Waals surface area contributed by atoms with Crippen molar-refractivity contribution in [2.24, 2.45) is 0 Å². The van der Waals surface area contributed by atoms with Gasteiger partial charge in [-0.3, -0.25) is 10.1 Å². The predicted octanol–water partition coefficient (Wildman–Crippen LogP) is 0.617. The summed E-state index contributed by atoms with van der Waals surface area (Å²) in [5.74, 6) is -0.769. The number of hydrogen-bond acceptors (Lipinski definition) is 3. The fourth-order valence-electron chi connectivity index (χ4n) is 1.79. The molecule has 1 rings (SSSR count). The number of aliphatic carboxylic acids is 1. The normalized spacial score (nSPS) is 33.1. The molecule has 4 heteroatoms. The van der Waals surface area contributed by atoms with Crippen LogP contribution in [0.3, 0.4) is 0 Å². The number of nitrogens with one attached hydrogen (secondary N) is 1. The minimum atomic E-state index is -0.769. The maximum absolute atomic E-state index is 11.0. The molecule has 0 unspecified atom stereocenters. The lowest BCUT2D eigenvalue weighted by Gasteiger charge is -2.45. The van der Waals surface area contributed by atoms with E-state index in [4.69, 9.17) is 9.84 Å². The highest BCUT2D eigenvalue weighted by molar-refractivity contribution is 5.80. The lowest BCUT2D eigenvalue weighted by atomic mass is 9.73. The summed E-state index contributed by atoms with van der Waals surface area (Å²) in [6, 6.07) is 0.189. The third-order valence-electron chi connectivity index (χ3n) is 2.46. The molecular formula is C9H17NO3. The van der Waals surface area contributed by atoms with Crippen LogP contribution in [0.4, 0.5) is 0 Å². The van der Waals surface area contributed by atoms with E-state index in [2.05, 4.69) is 5.32 Å². The number of hydrogen-bond donors (Lipinski definition) is 2. The summed E-state index contributed by atoms with van der Waals surface area (Å²) >= 11 is 0. The largest absolute Gasteiger partial charge is 0.480 e. The lowest BCUT2D eigenvalue weighted by Crippen LogP contribution is -2.64. The minimum absolute atomic E-state index is 0.0994. The molecule has 0 bridgehead atoms. The summed E-state index contributed by atoms with van der Waals surface area (Å²) in [7, 11) is 1.62. The Kier molecular flexibility index (Phi) is 2.93. The Hall–Kier alpha value is -0.610.